The van der Waals surface area contributed by atoms with Gasteiger partial charge in [0.05, 0.1) is 11.1 Å². The van der Waals surface area contributed by atoms with Gasteiger partial charge in [0.15, 0.2) is 0 Å². The number of halogens is 2. The Balaban J connectivity index is 1.77. The topological polar surface area (TPSA) is 29.5 Å². The first-order valence-electron chi connectivity index (χ1n) is 6.52. The summed E-state index contributed by atoms with van der Waals surface area (Å²) in [5.41, 5.74) is 2.82. The fourth-order valence-corrected chi connectivity index (χ4v) is 2.73. The number of aliphatic hydroxyl groups excluding tert-OH is 1. The van der Waals surface area contributed by atoms with Crippen LogP contribution in [0.5, 0.6) is 5.75 Å². The molecule has 1 N–H and O–H groups in total. The summed E-state index contributed by atoms with van der Waals surface area (Å²) in [6.45, 7) is 0.326. The van der Waals surface area contributed by atoms with Gasteiger partial charge in [-0.1, -0.05) is 29.8 Å². The Kier molecular flexibility index (Phi) is 3.64. The van der Waals surface area contributed by atoms with E-state index in [1.165, 1.54) is 6.07 Å². The fraction of sp³-hybridized carbons (Fsp3) is 0.250. The van der Waals surface area contributed by atoms with Crippen LogP contribution in [0, 0.1) is 5.82 Å². The van der Waals surface area contributed by atoms with Crippen LogP contribution in [-0.4, -0.2) is 5.11 Å². The van der Waals surface area contributed by atoms with Gasteiger partial charge < -0.3 is 9.84 Å². The molecule has 1 atom stereocenters. The van der Waals surface area contributed by atoms with Crippen molar-refractivity contribution in [2.75, 3.05) is 0 Å². The highest BCUT2D eigenvalue weighted by atomic mass is 35.5. The van der Waals surface area contributed by atoms with Gasteiger partial charge in [-0.2, -0.15) is 0 Å². The van der Waals surface area contributed by atoms with Crippen molar-refractivity contribution in [3.63, 3.8) is 0 Å². The highest BCUT2D eigenvalue weighted by Gasteiger charge is 2.23. The third-order valence-corrected chi connectivity index (χ3v) is 3.86. The SMILES string of the molecule is OC1CCc2c(OCc3ccc(F)c(Cl)c3)cccc21. The van der Waals surface area contributed by atoms with Crippen LogP contribution < -0.4 is 4.74 Å². The molecule has 0 fully saturated rings. The Morgan fingerprint density at radius 3 is 2.95 bits per heavy atom. The largest absolute Gasteiger partial charge is 0.489 e. The predicted octanol–water partition coefficient (Wildman–Crippen LogP) is 4.04. The molecular formula is C16H14ClFO2. The Hall–Kier alpha value is -1.58. The minimum absolute atomic E-state index is 0.0970. The fourth-order valence-electron chi connectivity index (χ4n) is 2.52. The minimum atomic E-state index is -0.431. The molecule has 0 radical (unpaired) electrons. The normalized spacial score (nSPS) is 17.1. The molecule has 20 heavy (non-hydrogen) atoms. The van der Waals surface area contributed by atoms with Gasteiger partial charge in [0.1, 0.15) is 18.2 Å². The second kappa shape index (κ2) is 5.43. The molecule has 0 spiro atoms. The molecule has 0 aromatic heterocycles. The molecule has 0 saturated carbocycles. The van der Waals surface area contributed by atoms with Crippen LogP contribution >= 0.6 is 11.6 Å². The third kappa shape index (κ3) is 2.51. The smallest absolute Gasteiger partial charge is 0.141 e. The first-order chi connectivity index (χ1) is 9.65. The van der Waals surface area contributed by atoms with Crippen molar-refractivity contribution in [2.45, 2.75) is 25.6 Å². The van der Waals surface area contributed by atoms with Crippen molar-refractivity contribution in [3.05, 3.63) is 63.9 Å². The second-order valence-corrected chi connectivity index (χ2v) is 5.32. The van der Waals surface area contributed by atoms with Gasteiger partial charge in [-0.25, -0.2) is 4.39 Å². The third-order valence-electron chi connectivity index (χ3n) is 3.57. The van der Waals surface area contributed by atoms with Gasteiger partial charge in [0, 0.05) is 5.56 Å². The quantitative estimate of drug-likeness (QED) is 0.925. The number of hydrogen-bond acceptors (Lipinski definition) is 2. The Labute approximate surface area is 121 Å². The monoisotopic (exact) mass is 292 g/mol. The maximum Gasteiger partial charge on any atom is 0.141 e. The van der Waals surface area contributed by atoms with Crippen molar-refractivity contribution in [2.24, 2.45) is 0 Å². The molecule has 2 nitrogen and oxygen atoms in total. The summed E-state index contributed by atoms with van der Waals surface area (Å²) in [5.74, 6) is 0.346. The van der Waals surface area contributed by atoms with E-state index in [-0.39, 0.29) is 5.02 Å². The average molecular weight is 293 g/mol. The van der Waals surface area contributed by atoms with Crippen LogP contribution in [-0.2, 0) is 13.0 Å². The molecule has 3 rings (SSSR count). The molecule has 2 aromatic carbocycles. The predicted molar refractivity (Wildman–Crippen MR) is 75.5 cm³/mol. The molecular weight excluding hydrogens is 279 g/mol. The molecule has 1 unspecified atom stereocenters. The zero-order valence-electron chi connectivity index (χ0n) is 10.8. The van der Waals surface area contributed by atoms with Crippen LogP contribution in [0.25, 0.3) is 0 Å². The van der Waals surface area contributed by atoms with E-state index in [4.69, 9.17) is 16.3 Å². The van der Waals surface area contributed by atoms with Gasteiger partial charge in [0.25, 0.3) is 0 Å². The molecule has 1 aliphatic carbocycles. The van der Waals surface area contributed by atoms with E-state index < -0.39 is 11.9 Å². The van der Waals surface area contributed by atoms with E-state index in [9.17, 15) is 9.50 Å². The standard InChI is InChI=1S/C16H14ClFO2/c17-13-8-10(4-6-14(13)18)9-20-16-3-1-2-11-12(16)5-7-15(11)19/h1-4,6,8,15,19H,5,7,9H2. The zero-order valence-corrected chi connectivity index (χ0v) is 11.5. The van der Waals surface area contributed by atoms with Crippen molar-refractivity contribution < 1.29 is 14.2 Å². The number of benzene rings is 2. The first-order valence-corrected chi connectivity index (χ1v) is 6.89. The lowest BCUT2D eigenvalue weighted by molar-refractivity contribution is 0.180. The number of fused-ring (bicyclic) bond motifs is 1. The van der Waals surface area contributed by atoms with Crippen LogP contribution in [0.2, 0.25) is 5.02 Å². The molecule has 0 heterocycles. The number of ether oxygens (including phenoxy) is 1. The highest BCUT2D eigenvalue weighted by Crippen LogP contribution is 2.37. The lowest BCUT2D eigenvalue weighted by Crippen LogP contribution is -1.99. The number of rotatable bonds is 3. The van der Waals surface area contributed by atoms with E-state index in [1.807, 2.05) is 18.2 Å². The number of hydrogen-bond donors (Lipinski definition) is 1. The van der Waals surface area contributed by atoms with Crippen molar-refractivity contribution in [1.29, 1.82) is 0 Å². The molecule has 104 valence electrons. The summed E-state index contributed by atoms with van der Waals surface area (Å²) in [7, 11) is 0. The summed E-state index contributed by atoms with van der Waals surface area (Å²) < 4.78 is 18.9. The summed E-state index contributed by atoms with van der Waals surface area (Å²) in [6.07, 6.45) is 1.16. The van der Waals surface area contributed by atoms with Gasteiger partial charge in [-0.15, -0.1) is 0 Å². The maximum absolute atomic E-state index is 13.1. The highest BCUT2D eigenvalue weighted by molar-refractivity contribution is 6.30. The molecule has 1 aliphatic rings. The van der Waals surface area contributed by atoms with E-state index >= 15 is 0 Å². The van der Waals surface area contributed by atoms with Crippen LogP contribution in [0.4, 0.5) is 4.39 Å². The van der Waals surface area contributed by atoms with E-state index in [2.05, 4.69) is 0 Å². The van der Waals surface area contributed by atoms with E-state index in [1.54, 1.807) is 12.1 Å². The van der Waals surface area contributed by atoms with Gasteiger partial charge in [-0.3, -0.25) is 0 Å². The molecule has 2 aromatic rings. The summed E-state index contributed by atoms with van der Waals surface area (Å²) in [5, 5.41) is 9.94. The van der Waals surface area contributed by atoms with E-state index in [0.717, 1.165) is 35.3 Å². The minimum Gasteiger partial charge on any atom is -0.489 e. The van der Waals surface area contributed by atoms with Crippen molar-refractivity contribution in [1.82, 2.24) is 0 Å². The maximum atomic E-state index is 13.1. The van der Waals surface area contributed by atoms with Gasteiger partial charge in [-0.05, 0) is 42.2 Å². The number of aliphatic hydroxyl groups is 1. The van der Waals surface area contributed by atoms with Gasteiger partial charge in [0.2, 0.25) is 0 Å². The zero-order chi connectivity index (χ0) is 14.1. The van der Waals surface area contributed by atoms with Crippen LogP contribution in [0.15, 0.2) is 36.4 Å². The molecule has 0 aliphatic heterocycles. The van der Waals surface area contributed by atoms with Crippen LogP contribution in [0.1, 0.15) is 29.2 Å². The first kappa shape index (κ1) is 13.4. The lowest BCUT2D eigenvalue weighted by Gasteiger charge is -2.11. The molecule has 0 amide bonds. The Morgan fingerprint density at radius 1 is 1.30 bits per heavy atom. The van der Waals surface area contributed by atoms with Gasteiger partial charge >= 0.3 is 0 Å². The van der Waals surface area contributed by atoms with Crippen LogP contribution in [0.3, 0.4) is 0 Å². The Morgan fingerprint density at radius 2 is 2.15 bits per heavy atom. The van der Waals surface area contributed by atoms with Crippen molar-refractivity contribution in [3.8, 4) is 5.75 Å². The van der Waals surface area contributed by atoms with Crippen molar-refractivity contribution >= 4 is 11.6 Å². The summed E-state index contributed by atoms with van der Waals surface area (Å²) in [4.78, 5) is 0. The second-order valence-electron chi connectivity index (χ2n) is 4.92. The average Bonchev–Trinajstić information content (AvgIpc) is 2.83. The summed E-state index contributed by atoms with van der Waals surface area (Å²) >= 11 is 5.74. The molecule has 0 bridgehead atoms. The molecule has 4 heteroatoms. The lowest BCUT2D eigenvalue weighted by atomic mass is 10.1. The molecule has 0 saturated heterocycles. The van der Waals surface area contributed by atoms with E-state index in [0.29, 0.717) is 6.61 Å². The summed E-state index contributed by atoms with van der Waals surface area (Å²) in [6, 6.07) is 10.2. The Bertz CT molecular complexity index is 642.